The highest BCUT2D eigenvalue weighted by Crippen LogP contribution is 2.18. The molecule has 0 bridgehead atoms. The minimum absolute atomic E-state index is 0.102. The van der Waals surface area contributed by atoms with E-state index >= 15 is 0 Å². The summed E-state index contributed by atoms with van der Waals surface area (Å²) in [7, 11) is 1.38. The third-order valence-corrected chi connectivity index (χ3v) is 3.83. The molecule has 0 saturated carbocycles. The fourth-order valence-electron chi connectivity index (χ4n) is 2.63. The largest absolute Gasteiger partial charge is 0.468 e. The highest BCUT2D eigenvalue weighted by molar-refractivity contribution is 5.92. The second-order valence-corrected chi connectivity index (χ2v) is 5.25. The van der Waals surface area contributed by atoms with E-state index in [1.54, 1.807) is 0 Å². The van der Waals surface area contributed by atoms with Gasteiger partial charge in [0.05, 0.1) is 13.7 Å². The van der Waals surface area contributed by atoms with Crippen molar-refractivity contribution < 1.29 is 14.3 Å². The molecule has 114 valence electrons. The maximum atomic E-state index is 12.1. The smallest absolute Gasteiger partial charge is 0.323 e. The number of likely N-dealkylation sites (tertiary alicyclic amines) is 1. The molecule has 0 spiro atoms. The number of nitrogens with zero attached hydrogens (tertiary/aromatic N) is 1. The Bertz CT molecular complexity index is 499. The third kappa shape index (κ3) is 4.04. The molecule has 1 aliphatic heterocycles. The van der Waals surface area contributed by atoms with Crippen LogP contribution >= 0.6 is 0 Å². The average molecular weight is 290 g/mol. The summed E-state index contributed by atoms with van der Waals surface area (Å²) < 4.78 is 4.78. The predicted octanol–water partition coefficient (Wildman–Crippen LogP) is 1.82. The van der Waals surface area contributed by atoms with E-state index in [2.05, 4.69) is 12.2 Å². The van der Waals surface area contributed by atoms with Crippen molar-refractivity contribution in [3.63, 3.8) is 0 Å². The summed E-state index contributed by atoms with van der Waals surface area (Å²) in [6.45, 7) is 3.06. The summed E-state index contributed by atoms with van der Waals surface area (Å²) in [4.78, 5) is 25.6. The molecule has 1 aromatic rings. The van der Waals surface area contributed by atoms with Gasteiger partial charge in [-0.05, 0) is 43.5 Å². The van der Waals surface area contributed by atoms with Gasteiger partial charge in [0.1, 0.15) is 6.04 Å². The Hall–Kier alpha value is -1.88. The molecule has 21 heavy (non-hydrogen) atoms. The summed E-state index contributed by atoms with van der Waals surface area (Å²) >= 11 is 0. The molecule has 1 N–H and O–H groups in total. The van der Waals surface area contributed by atoms with Gasteiger partial charge in [-0.25, -0.2) is 0 Å². The minimum Gasteiger partial charge on any atom is -0.468 e. The second kappa shape index (κ2) is 7.22. The first kappa shape index (κ1) is 15.5. The van der Waals surface area contributed by atoms with Gasteiger partial charge in [0.15, 0.2) is 0 Å². The van der Waals surface area contributed by atoms with Crippen molar-refractivity contribution in [1.29, 1.82) is 0 Å². The van der Waals surface area contributed by atoms with Gasteiger partial charge in [-0.1, -0.05) is 19.1 Å². The molecule has 1 saturated heterocycles. The fourth-order valence-corrected chi connectivity index (χ4v) is 2.63. The van der Waals surface area contributed by atoms with Gasteiger partial charge in [0.25, 0.3) is 0 Å². The van der Waals surface area contributed by atoms with E-state index in [0.29, 0.717) is 0 Å². The van der Waals surface area contributed by atoms with Gasteiger partial charge in [0, 0.05) is 5.69 Å². The molecule has 1 aliphatic rings. The van der Waals surface area contributed by atoms with Gasteiger partial charge in [0.2, 0.25) is 5.91 Å². The molecular formula is C16H22N2O3. The lowest BCUT2D eigenvalue weighted by Crippen LogP contribution is -2.41. The Morgan fingerprint density at radius 1 is 1.33 bits per heavy atom. The van der Waals surface area contributed by atoms with Crippen LogP contribution in [0.1, 0.15) is 25.3 Å². The van der Waals surface area contributed by atoms with Crippen LogP contribution < -0.4 is 5.32 Å². The highest BCUT2D eigenvalue weighted by atomic mass is 16.5. The van der Waals surface area contributed by atoms with Crippen molar-refractivity contribution in [3.05, 3.63) is 29.8 Å². The summed E-state index contributed by atoms with van der Waals surface area (Å²) in [5, 5.41) is 2.86. The molecule has 1 unspecified atom stereocenters. The van der Waals surface area contributed by atoms with Crippen molar-refractivity contribution in [1.82, 2.24) is 4.90 Å². The Labute approximate surface area is 125 Å². The Kier molecular flexibility index (Phi) is 5.33. The van der Waals surface area contributed by atoms with Crippen LogP contribution in [0.5, 0.6) is 0 Å². The number of methoxy groups -OCH3 is 1. The molecule has 1 amide bonds. The minimum atomic E-state index is -0.289. The maximum absolute atomic E-state index is 12.1. The molecule has 5 heteroatoms. The first-order chi connectivity index (χ1) is 10.1. The van der Waals surface area contributed by atoms with E-state index < -0.39 is 0 Å². The summed E-state index contributed by atoms with van der Waals surface area (Å²) in [6.07, 6.45) is 2.65. The van der Waals surface area contributed by atoms with Crippen molar-refractivity contribution in [2.45, 2.75) is 32.2 Å². The fraction of sp³-hybridized carbons (Fsp3) is 0.500. The van der Waals surface area contributed by atoms with Crippen molar-refractivity contribution in [3.8, 4) is 0 Å². The summed E-state index contributed by atoms with van der Waals surface area (Å²) in [5.41, 5.74) is 2.02. The number of nitrogens with one attached hydrogen (secondary N) is 1. The van der Waals surface area contributed by atoms with Gasteiger partial charge in [-0.15, -0.1) is 0 Å². The number of amides is 1. The molecule has 1 atom stereocenters. The van der Waals surface area contributed by atoms with E-state index in [1.165, 1.54) is 12.7 Å². The van der Waals surface area contributed by atoms with Crippen molar-refractivity contribution in [2.24, 2.45) is 0 Å². The average Bonchev–Trinajstić information content (AvgIpc) is 2.95. The molecule has 1 heterocycles. The first-order valence-corrected chi connectivity index (χ1v) is 7.34. The zero-order chi connectivity index (χ0) is 15.2. The van der Waals surface area contributed by atoms with Crippen LogP contribution in [0.25, 0.3) is 0 Å². The first-order valence-electron chi connectivity index (χ1n) is 7.34. The second-order valence-electron chi connectivity index (χ2n) is 5.25. The standard InChI is InChI=1S/C16H22N2O3/c1-3-12-6-8-13(9-7-12)17-15(19)11-18-10-4-5-14(18)16(20)21-2/h6-9,14H,3-5,10-11H2,1-2H3,(H,17,19). The third-order valence-electron chi connectivity index (χ3n) is 3.83. The normalized spacial score (nSPS) is 18.5. The van der Waals surface area contributed by atoms with Crippen LogP contribution in [0.3, 0.4) is 0 Å². The number of hydrogen-bond donors (Lipinski definition) is 1. The number of carbonyl (C=O) groups excluding carboxylic acids is 2. The van der Waals surface area contributed by atoms with Crippen LogP contribution in [0.4, 0.5) is 5.69 Å². The molecule has 2 rings (SSSR count). The van der Waals surface area contributed by atoms with Gasteiger partial charge in [-0.3, -0.25) is 14.5 Å². The quantitative estimate of drug-likeness (QED) is 0.841. The van der Waals surface area contributed by atoms with Crippen LogP contribution in [0.2, 0.25) is 0 Å². The molecule has 0 radical (unpaired) electrons. The summed E-state index contributed by atoms with van der Waals surface area (Å²) in [5.74, 6) is -0.359. The number of anilines is 1. The lowest BCUT2D eigenvalue weighted by atomic mass is 10.1. The van der Waals surface area contributed by atoms with Crippen LogP contribution in [0, 0.1) is 0 Å². The molecular weight excluding hydrogens is 268 g/mol. The summed E-state index contributed by atoms with van der Waals surface area (Å²) in [6, 6.07) is 7.52. The van der Waals surface area contributed by atoms with E-state index in [1.807, 2.05) is 29.2 Å². The van der Waals surface area contributed by atoms with Crippen LogP contribution in [-0.2, 0) is 20.7 Å². The topological polar surface area (TPSA) is 58.6 Å². The Balaban J connectivity index is 1.90. The number of benzene rings is 1. The molecule has 5 nitrogen and oxygen atoms in total. The molecule has 0 aromatic heterocycles. The zero-order valence-corrected chi connectivity index (χ0v) is 12.6. The lowest BCUT2D eigenvalue weighted by molar-refractivity contribution is -0.146. The number of hydrogen-bond acceptors (Lipinski definition) is 4. The maximum Gasteiger partial charge on any atom is 0.323 e. The van der Waals surface area contributed by atoms with Crippen LogP contribution in [-0.4, -0.2) is 43.0 Å². The monoisotopic (exact) mass is 290 g/mol. The zero-order valence-electron chi connectivity index (χ0n) is 12.6. The predicted molar refractivity (Wildman–Crippen MR) is 81.1 cm³/mol. The van der Waals surface area contributed by atoms with E-state index in [4.69, 9.17) is 4.74 Å². The van der Waals surface area contributed by atoms with E-state index in [-0.39, 0.29) is 24.5 Å². The SMILES string of the molecule is CCc1ccc(NC(=O)CN2CCCC2C(=O)OC)cc1. The molecule has 0 aliphatic carbocycles. The van der Waals surface area contributed by atoms with Crippen molar-refractivity contribution in [2.75, 3.05) is 25.5 Å². The highest BCUT2D eigenvalue weighted by Gasteiger charge is 2.32. The van der Waals surface area contributed by atoms with E-state index in [0.717, 1.165) is 31.5 Å². The molecule has 1 aromatic carbocycles. The number of rotatable bonds is 5. The van der Waals surface area contributed by atoms with Gasteiger partial charge in [-0.2, -0.15) is 0 Å². The number of carbonyl (C=O) groups is 2. The van der Waals surface area contributed by atoms with Gasteiger partial charge < -0.3 is 10.1 Å². The van der Waals surface area contributed by atoms with Crippen molar-refractivity contribution >= 4 is 17.6 Å². The lowest BCUT2D eigenvalue weighted by Gasteiger charge is -2.21. The van der Waals surface area contributed by atoms with Gasteiger partial charge >= 0.3 is 5.97 Å². The Morgan fingerprint density at radius 3 is 2.67 bits per heavy atom. The molecule has 1 fully saturated rings. The number of ether oxygens (including phenoxy) is 1. The number of aryl methyl sites for hydroxylation is 1. The van der Waals surface area contributed by atoms with Crippen LogP contribution in [0.15, 0.2) is 24.3 Å². The number of esters is 1. The Morgan fingerprint density at radius 2 is 2.05 bits per heavy atom. The van der Waals surface area contributed by atoms with E-state index in [9.17, 15) is 9.59 Å².